The first-order valence-corrected chi connectivity index (χ1v) is 13.5. The van der Waals surface area contributed by atoms with E-state index in [2.05, 4.69) is 36.6 Å². The van der Waals surface area contributed by atoms with Crippen molar-refractivity contribution in [3.05, 3.63) is 77.9 Å². The lowest BCUT2D eigenvalue weighted by molar-refractivity contribution is -0.0676. The van der Waals surface area contributed by atoms with Gasteiger partial charge in [0.05, 0.1) is 12.2 Å². The molecule has 1 aliphatic heterocycles. The summed E-state index contributed by atoms with van der Waals surface area (Å²) in [6.45, 7) is 9.95. The maximum atomic E-state index is 13.4. The highest BCUT2D eigenvalue weighted by Gasteiger charge is 2.54. The topological polar surface area (TPSA) is 38.8 Å². The fraction of sp³-hybridized carbons (Fsp3) is 0.516. The monoisotopic (exact) mass is 473 g/mol. The van der Waals surface area contributed by atoms with Gasteiger partial charge in [-0.1, -0.05) is 43.7 Å². The zero-order valence-corrected chi connectivity index (χ0v) is 21.1. The SMILES string of the molecule is C=CCC12c3cc(OCCC)ccc3CCC1CN(CC1CCC1)CC2OC(=O)c1ccccc1. The van der Waals surface area contributed by atoms with E-state index in [0.717, 1.165) is 57.0 Å². The molecule has 2 aromatic carbocycles. The van der Waals surface area contributed by atoms with E-state index in [-0.39, 0.29) is 17.5 Å². The summed E-state index contributed by atoms with van der Waals surface area (Å²) in [6, 6.07) is 16.0. The van der Waals surface area contributed by atoms with Crippen molar-refractivity contribution in [1.29, 1.82) is 0 Å². The molecule has 1 saturated heterocycles. The minimum absolute atomic E-state index is 0.228. The molecule has 1 saturated carbocycles. The van der Waals surface area contributed by atoms with Crippen molar-refractivity contribution in [3.63, 3.8) is 0 Å². The highest BCUT2D eigenvalue weighted by Crippen LogP contribution is 2.51. The first kappa shape index (κ1) is 24.1. The Balaban J connectivity index is 1.53. The van der Waals surface area contributed by atoms with Gasteiger partial charge < -0.3 is 9.47 Å². The van der Waals surface area contributed by atoms with Crippen LogP contribution in [0.5, 0.6) is 5.75 Å². The molecule has 35 heavy (non-hydrogen) atoms. The second kappa shape index (κ2) is 10.6. The van der Waals surface area contributed by atoms with Crippen LogP contribution in [-0.4, -0.2) is 43.2 Å². The number of nitrogens with zero attached hydrogens (tertiary/aromatic N) is 1. The van der Waals surface area contributed by atoms with Gasteiger partial charge in [-0.3, -0.25) is 4.90 Å². The van der Waals surface area contributed by atoms with Crippen molar-refractivity contribution in [1.82, 2.24) is 4.90 Å². The van der Waals surface area contributed by atoms with E-state index in [4.69, 9.17) is 9.47 Å². The molecule has 2 aromatic rings. The molecule has 2 aliphatic carbocycles. The number of fused-ring (bicyclic) bond motifs is 3. The number of esters is 1. The van der Waals surface area contributed by atoms with Gasteiger partial charge in [0.15, 0.2) is 0 Å². The average Bonchev–Trinajstić information content (AvgIpc) is 2.86. The Morgan fingerprint density at radius 1 is 1.14 bits per heavy atom. The zero-order chi connectivity index (χ0) is 24.3. The van der Waals surface area contributed by atoms with Crippen LogP contribution in [0.3, 0.4) is 0 Å². The lowest BCUT2D eigenvalue weighted by Gasteiger charge is -2.55. The van der Waals surface area contributed by atoms with Crippen molar-refractivity contribution in [2.24, 2.45) is 11.8 Å². The van der Waals surface area contributed by atoms with Gasteiger partial charge in [-0.15, -0.1) is 6.58 Å². The number of allylic oxidation sites excluding steroid dienone is 1. The number of ether oxygens (including phenoxy) is 2. The molecule has 3 aliphatic rings. The van der Waals surface area contributed by atoms with Gasteiger partial charge in [0.2, 0.25) is 0 Å². The molecule has 3 unspecified atom stereocenters. The number of hydrogen-bond donors (Lipinski definition) is 0. The van der Waals surface area contributed by atoms with Crippen LogP contribution in [0.4, 0.5) is 0 Å². The van der Waals surface area contributed by atoms with Crippen molar-refractivity contribution >= 4 is 5.97 Å². The van der Waals surface area contributed by atoms with Crippen molar-refractivity contribution in [2.75, 3.05) is 26.2 Å². The molecule has 186 valence electrons. The molecule has 0 radical (unpaired) electrons. The third kappa shape index (κ3) is 4.78. The Kier molecular flexibility index (Phi) is 7.29. The maximum absolute atomic E-state index is 13.4. The van der Waals surface area contributed by atoms with Gasteiger partial charge in [0.1, 0.15) is 11.9 Å². The van der Waals surface area contributed by atoms with Gasteiger partial charge in [-0.2, -0.15) is 0 Å². The number of piperidine rings is 1. The number of likely N-dealkylation sites (tertiary alicyclic amines) is 1. The van der Waals surface area contributed by atoms with E-state index >= 15 is 0 Å². The molecule has 0 spiro atoms. The van der Waals surface area contributed by atoms with Gasteiger partial charge in [0.25, 0.3) is 0 Å². The van der Waals surface area contributed by atoms with Crippen LogP contribution in [0.15, 0.2) is 61.2 Å². The molecule has 2 fully saturated rings. The lowest BCUT2D eigenvalue weighted by Crippen LogP contribution is -2.62. The van der Waals surface area contributed by atoms with E-state index < -0.39 is 0 Å². The molecule has 0 N–H and O–H groups in total. The number of benzene rings is 2. The van der Waals surface area contributed by atoms with Crippen molar-refractivity contribution in [2.45, 2.75) is 63.4 Å². The second-order valence-corrected chi connectivity index (χ2v) is 10.7. The Hall–Kier alpha value is -2.59. The predicted molar refractivity (Wildman–Crippen MR) is 140 cm³/mol. The highest BCUT2D eigenvalue weighted by molar-refractivity contribution is 5.89. The first-order valence-electron chi connectivity index (χ1n) is 13.5. The summed E-state index contributed by atoms with van der Waals surface area (Å²) in [6.07, 6.45) is 9.75. The quantitative estimate of drug-likeness (QED) is 0.321. The normalized spacial score (nSPS) is 26.2. The van der Waals surface area contributed by atoms with E-state index in [9.17, 15) is 4.79 Å². The summed E-state index contributed by atoms with van der Waals surface area (Å²) in [5.41, 5.74) is 3.00. The van der Waals surface area contributed by atoms with Crippen LogP contribution in [0, 0.1) is 11.8 Å². The summed E-state index contributed by atoms with van der Waals surface area (Å²) in [4.78, 5) is 15.9. The summed E-state index contributed by atoms with van der Waals surface area (Å²) < 4.78 is 12.5. The largest absolute Gasteiger partial charge is 0.494 e. The number of hydrogen-bond acceptors (Lipinski definition) is 4. The molecule has 4 heteroatoms. The summed E-state index contributed by atoms with van der Waals surface area (Å²) >= 11 is 0. The lowest BCUT2D eigenvalue weighted by atomic mass is 9.56. The van der Waals surface area contributed by atoms with Crippen LogP contribution < -0.4 is 4.74 Å². The first-order chi connectivity index (χ1) is 17.1. The summed E-state index contributed by atoms with van der Waals surface area (Å²) in [5.74, 6) is 1.89. The standard InChI is InChI=1S/C31H39NO3/c1-3-17-31-26(15-13-24-14-16-27(19-28(24)31)34-18-4-2)21-32(20-23-9-8-10-23)22-29(31)35-30(33)25-11-6-5-7-12-25/h3,5-7,11-12,14,16,19,23,26,29H,1,4,8-10,13,15,17-18,20-22H2,2H3. The van der Waals surface area contributed by atoms with Crippen molar-refractivity contribution in [3.8, 4) is 5.75 Å². The number of rotatable bonds is 9. The third-order valence-corrected chi connectivity index (χ3v) is 8.51. The third-order valence-electron chi connectivity index (χ3n) is 8.51. The van der Waals surface area contributed by atoms with Crippen molar-refractivity contribution < 1.29 is 14.3 Å². The van der Waals surface area contributed by atoms with E-state index in [1.54, 1.807) is 0 Å². The fourth-order valence-corrected chi connectivity index (χ4v) is 6.55. The molecule has 0 amide bonds. The Morgan fingerprint density at radius 3 is 2.69 bits per heavy atom. The van der Waals surface area contributed by atoms with Gasteiger partial charge in [-0.05, 0) is 85.8 Å². The molecule has 1 heterocycles. The van der Waals surface area contributed by atoms with Gasteiger partial charge in [-0.25, -0.2) is 4.79 Å². The number of aryl methyl sites for hydroxylation is 1. The Bertz CT molecular complexity index is 1030. The van der Waals surface area contributed by atoms with Crippen LogP contribution in [0.1, 0.15) is 66.9 Å². The van der Waals surface area contributed by atoms with E-state index in [0.29, 0.717) is 18.1 Å². The summed E-state index contributed by atoms with van der Waals surface area (Å²) in [7, 11) is 0. The second-order valence-electron chi connectivity index (χ2n) is 10.7. The van der Waals surface area contributed by atoms with Gasteiger partial charge >= 0.3 is 5.97 Å². The predicted octanol–water partition coefficient (Wildman–Crippen LogP) is 6.19. The summed E-state index contributed by atoms with van der Waals surface area (Å²) in [5, 5.41) is 0. The fourth-order valence-electron chi connectivity index (χ4n) is 6.55. The molecular weight excluding hydrogens is 434 g/mol. The average molecular weight is 474 g/mol. The van der Waals surface area contributed by atoms with E-state index in [1.165, 1.54) is 30.4 Å². The minimum Gasteiger partial charge on any atom is -0.494 e. The molecule has 5 rings (SSSR count). The van der Waals surface area contributed by atoms with Gasteiger partial charge in [0, 0.05) is 25.0 Å². The molecule has 3 atom stereocenters. The molecule has 0 aromatic heterocycles. The van der Waals surface area contributed by atoms with Crippen LogP contribution in [0.25, 0.3) is 0 Å². The number of carbonyl (C=O) groups excluding carboxylic acids is 1. The zero-order valence-electron chi connectivity index (χ0n) is 21.1. The minimum atomic E-state index is -0.276. The van der Waals surface area contributed by atoms with E-state index in [1.807, 2.05) is 36.4 Å². The van der Waals surface area contributed by atoms with Crippen LogP contribution in [0.2, 0.25) is 0 Å². The Labute approximate surface area is 210 Å². The number of carbonyl (C=O) groups is 1. The molecule has 0 bridgehead atoms. The highest BCUT2D eigenvalue weighted by atomic mass is 16.5. The maximum Gasteiger partial charge on any atom is 0.338 e. The van der Waals surface area contributed by atoms with Crippen LogP contribution >= 0.6 is 0 Å². The smallest absolute Gasteiger partial charge is 0.338 e. The Morgan fingerprint density at radius 2 is 1.97 bits per heavy atom. The molecule has 4 nitrogen and oxygen atoms in total. The van der Waals surface area contributed by atoms with Crippen LogP contribution in [-0.2, 0) is 16.6 Å². The molecular formula is C31H39NO3.